The lowest BCUT2D eigenvalue weighted by molar-refractivity contribution is -0.143. The molecule has 0 saturated carbocycles. The smallest absolute Gasteiger partial charge is 0.307 e. The molecule has 0 saturated heterocycles. The summed E-state index contributed by atoms with van der Waals surface area (Å²) < 4.78 is 30.2. The lowest BCUT2D eigenvalue weighted by Gasteiger charge is -2.22. The van der Waals surface area contributed by atoms with Crippen molar-refractivity contribution in [1.29, 1.82) is 0 Å². The van der Waals surface area contributed by atoms with E-state index in [2.05, 4.69) is 0 Å². The molecule has 0 spiro atoms. The highest BCUT2D eigenvalue weighted by Crippen LogP contribution is 2.15. The first kappa shape index (κ1) is 22.1. The molecule has 1 rings (SSSR count). The van der Waals surface area contributed by atoms with Gasteiger partial charge in [-0.2, -0.15) is 0 Å². The van der Waals surface area contributed by atoms with Crippen LogP contribution in [0.4, 0.5) is 0 Å². The number of amides is 1. The van der Waals surface area contributed by atoms with Gasteiger partial charge in [0.15, 0.2) is 0 Å². The monoisotopic (exact) mass is 384 g/mol. The van der Waals surface area contributed by atoms with Gasteiger partial charge in [-0.15, -0.1) is 0 Å². The third-order valence-corrected chi connectivity index (χ3v) is 5.67. The maximum atomic E-state index is 12.7. The molecule has 0 atom stereocenters. The number of hydrogen-bond acceptors (Lipinski definition) is 5. The minimum atomic E-state index is -3.53. The second-order valence-electron chi connectivity index (χ2n) is 6.01. The summed E-state index contributed by atoms with van der Waals surface area (Å²) in [5.41, 5.74) is 0.391. The van der Waals surface area contributed by atoms with E-state index in [-0.39, 0.29) is 29.7 Å². The van der Waals surface area contributed by atoms with Crippen molar-refractivity contribution in [2.24, 2.45) is 0 Å². The number of carbonyl (C=O) groups excluding carboxylic acids is 2. The van der Waals surface area contributed by atoms with Gasteiger partial charge in [-0.3, -0.25) is 9.59 Å². The first-order chi connectivity index (χ1) is 12.2. The van der Waals surface area contributed by atoms with E-state index in [1.54, 1.807) is 11.8 Å². The van der Waals surface area contributed by atoms with Crippen LogP contribution in [0.1, 0.15) is 43.5 Å². The summed E-state index contributed by atoms with van der Waals surface area (Å²) in [7, 11) is -0.625. The van der Waals surface area contributed by atoms with Crippen LogP contribution >= 0.6 is 0 Å². The highest BCUT2D eigenvalue weighted by Gasteiger charge is 2.20. The van der Waals surface area contributed by atoms with Gasteiger partial charge in [0.1, 0.15) is 0 Å². The molecule has 0 heterocycles. The first-order valence-corrected chi connectivity index (χ1v) is 10.2. The van der Waals surface area contributed by atoms with Gasteiger partial charge in [0.25, 0.3) is 5.91 Å². The van der Waals surface area contributed by atoms with Crippen molar-refractivity contribution in [1.82, 2.24) is 9.21 Å². The molecule has 146 valence electrons. The highest BCUT2D eigenvalue weighted by molar-refractivity contribution is 7.89. The van der Waals surface area contributed by atoms with Crippen LogP contribution in [0.2, 0.25) is 0 Å². The zero-order valence-corrected chi connectivity index (χ0v) is 16.7. The van der Waals surface area contributed by atoms with Gasteiger partial charge in [0.2, 0.25) is 10.0 Å². The summed E-state index contributed by atoms with van der Waals surface area (Å²) >= 11 is 0. The number of carbonyl (C=O) groups is 2. The van der Waals surface area contributed by atoms with E-state index >= 15 is 0 Å². The largest absolute Gasteiger partial charge is 0.466 e. The Hall–Kier alpha value is -1.93. The van der Waals surface area contributed by atoms with Gasteiger partial charge in [-0.25, -0.2) is 12.7 Å². The van der Waals surface area contributed by atoms with E-state index in [4.69, 9.17) is 4.74 Å². The Kier molecular flexibility index (Phi) is 8.74. The van der Waals surface area contributed by atoms with Crippen LogP contribution in [-0.4, -0.2) is 63.3 Å². The molecule has 8 heteroatoms. The van der Waals surface area contributed by atoms with Gasteiger partial charge in [-0.05, 0) is 37.6 Å². The second kappa shape index (κ2) is 10.3. The highest BCUT2D eigenvalue weighted by atomic mass is 32.2. The lowest BCUT2D eigenvalue weighted by atomic mass is 10.2. The van der Waals surface area contributed by atoms with E-state index in [9.17, 15) is 18.0 Å². The Bertz CT molecular complexity index is 699. The van der Waals surface area contributed by atoms with E-state index in [0.29, 0.717) is 18.7 Å². The van der Waals surface area contributed by atoms with E-state index in [1.807, 2.05) is 6.92 Å². The van der Waals surface area contributed by atoms with Crippen LogP contribution in [-0.2, 0) is 19.6 Å². The van der Waals surface area contributed by atoms with Crippen LogP contribution in [0.15, 0.2) is 29.2 Å². The predicted molar refractivity (Wildman–Crippen MR) is 99.4 cm³/mol. The summed E-state index contributed by atoms with van der Waals surface area (Å²) in [6, 6.07) is 5.85. The van der Waals surface area contributed by atoms with Crippen LogP contribution < -0.4 is 0 Å². The molecular weight excluding hydrogens is 356 g/mol. The number of sulfonamides is 1. The number of ether oxygens (including phenoxy) is 1. The average molecular weight is 384 g/mol. The van der Waals surface area contributed by atoms with Crippen molar-refractivity contribution >= 4 is 21.9 Å². The molecule has 1 aromatic rings. The fraction of sp³-hybridized carbons (Fsp3) is 0.556. The Balaban J connectivity index is 2.91. The fourth-order valence-electron chi connectivity index (χ4n) is 2.29. The molecule has 0 aliphatic heterocycles. The molecule has 0 aliphatic carbocycles. The topological polar surface area (TPSA) is 84.0 Å². The standard InChI is InChI=1S/C18H28N2O5S/c1-5-7-13-20(14-12-17(21)25-6-2)18(22)15-8-10-16(11-9-15)26(23,24)19(3)4/h8-11H,5-7,12-14H2,1-4H3. The van der Waals surface area contributed by atoms with Gasteiger partial charge < -0.3 is 9.64 Å². The van der Waals surface area contributed by atoms with Crippen molar-refractivity contribution in [3.63, 3.8) is 0 Å². The average Bonchev–Trinajstić information content (AvgIpc) is 2.61. The number of rotatable bonds is 10. The summed E-state index contributed by atoms with van der Waals surface area (Å²) in [5, 5.41) is 0. The summed E-state index contributed by atoms with van der Waals surface area (Å²) in [6.07, 6.45) is 1.88. The second-order valence-corrected chi connectivity index (χ2v) is 8.16. The number of benzene rings is 1. The van der Waals surface area contributed by atoms with Crippen molar-refractivity contribution in [2.45, 2.75) is 38.0 Å². The maximum Gasteiger partial charge on any atom is 0.307 e. The normalized spacial score (nSPS) is 11.4. The minimum Gasteiger partial charge on any atom is -0.466 e. The Labute approximate surface area is 156 Å². The van der Waals surface area contributed by atoms with Crippen molar-refractivity contribution in [2.75, 3.05) is 33.8 Å². The molecule has 0 aliphatic rings. The number of nitrogens with zero attached hydrogens (tertiary/aromatic N) is 2. The molecule has 0 radical (unpaired) electrons. The van der Waals surface area contributed by atoms with Gasteiger partial charge in [0, 0.05) is 32.7 Å². The van der Waals surface area contributed by atoms with Crippen LogP contribution in [0, 0.1) is 0 Å². The van der Waals surface area contributed by atoms with Crippen molar-refractivity contribution in [3.8, 4) is 0 Å². The lowest BCUT2D eigenvalue weighted by Crippen LogP contribution is -2.34. The Morgan fingerprint density at radius 3 is 2.15 bits per heavy atom. The number of esters is 1. The first-order valence-electron chi connectivity index (χ1n) is 8.71. The third-order valence-electron chi connectivity index (χ3n) is 3.84. The molecule has 26 heavy (non-hydrogen) atoms. The minimum absolute atomic E-state index is 0.130. The zero-order chi connectivity index (χ0) is 19.7. The molecule has 0 fully saturated rings. The Morgan fingerprint density at radius 2 is 1.65 bits per heavy atom. The summed E-state index contributed by atoms with van der Waals surface area (Å²) in [5.74, 6) is -0.564. The van der Waals surface area contributed by atoms with Crippen LogP contribution in [0.5, 0.6) is 0 Å². The van der Waals surface area contributed by atoms with Crippen molar-refractivity contribution < 1.29 is 22.7 Å². The van der Waals surface area contributed by atoms with E-state index in [0.717, 1.165) is 17.1 Å². The molecule has 7 nitrogen and oxygen atoms in total. The van der Waals surface area contributed by atoms with Gasteiger partial charge in [-0.1, -0.05) is 13.3 Å². The van der Waals surface area contributed by atoms with E-state index < -0.39 is 10.0 Å². The molecule has 0 bridgehead atoms. The van der Waals surface area contributed by atoms with Crippen LogP contribution in [0.3, 0.4) is 0 Å². The molecule has 1 amide bonds. The van der Waals surface area contributed by atoms with Crippen molar-refractivity contribution in [3.05, 3.63) is 29.8 Å². The van der Waals surface area contributed by atoms with Gasteiger partial charge >= 0.3 is 5.97 Å². The van der Waals surface area contributed by atoms with Gasteiger partial charge in [0.05, 0.1) is 17.9 Å². The molecule has 0 unspecified atom stereocenters. The summed E-state index contributed by atoms with van der Waals surface area (Å²) in [6.45, 7) is 4.88. The maximum absolute atomic E-state index is 12.7. The number of hydrogen-bond donors (Lipinski definition) is 0. The molecule has 0 aromatic heterocycles. The Morgan fingerprint density at radius 1 is 1.04 bits per heavy atom. The number of unbranched alkanes of at least 4 members (excludes halogenated alkanes) is 1. The zero-order valence-electron chi connectivity index (χ0n) is 15.9. The van der Waals surface area contributed by atoms with E-state index in [1.165, 1.54) is 38.4 Å². The SMILES string of the molecule is CCCCN(CCC(=O)OCC)C(=O)c1ccc(S(=O)(=O)N(C)C)cc1. The fourth-order valence-corrected chi connectivity index (χ4v) is 3.19. The quantitative estimate of drug-likeness (QED) is 0.577. The summed E-state index contributed by atoms with van der Waals surface area (Å²) in [4.78, 5) is 26.0. The molecule has 1 aromatic carbocycles. The third kappa shape index (κ3) is 6.10. The molecule has 0 N–H and O–H groups in total. The molecular formula is C18H28N2O5S. The van der Waals surface area contributed by atoms with Crippen LogP contribution in [0.25, 0.3) is 0 Å². The predicted octanol–water partition coefficient (Wildman–Crippen LogP) is 2.13.